The summed E-state index contributed by atoms with van der Waals surface area (Å²) < 4.78 is 4.96. The number of aromatic hydroxyl groups is 1. The van der Waals surface area contributed by atoms with Gasteiger partial charge < -0.3 is 15.2 Å². The van der Waals surface area contributed by atoms with Gasteiger partial charge in [-0.15, -0.1) is 0 Å². The highest BCUT2D eigenvalue weighted by atomic mass is 35.5. The number of rotatable bonds is 7. The summed E-state index contributed by atoms with van der Waals surface area (Å²) in [5.74, 6) is 0.286. The Morgan fingerprint density at radius 3 is 2.94 bits per heavy atom. The molecule has 2 N–H and O–H groups in total. The van der Waals surface area contributed by atoms with Gasteiger partial charge in [0.25, 0.3) is 0 Å². The lowest BCUT2D eigenvalue weighted by molar-refractivity contribution is 0.192. The van der Waals surface area contributed by atoms with Crippen LogP contribution < -0.4 is 5.32 Å². The van der Waals surface area contributed by atoms with Crippen molar-refractivity contribution in [1.29, 1.82) is 0 Å². The first-order valence-electron chi connectivity index (χ1n) is 5.41. The van der Waals surface area contributed by atoms with Crippen LogP contribution >= 0.6 is 11.6 Å². The largest absolute Gasteiger partial charge is 0.508 e. The molecule has 0 saturated carbocycles. The molecule has 16 heavy (non-hydrogen) atoms. The molecular weight excluding hydrogens is 226 g/mol. The van der Waals surface area contributed by atoms with Crippen molar-refractivity contribution >= 4 is 11.6 Å². The normalized spacial score (nSPS) is 10.6. The lowest BCUT2D eigenvalue weighted by Gasteiger charge is -2.07. The van der Waals surface area contributed by atoms with Gasteiger partial charge in [0.1, 0.15) is 5.75 Å². The van der Waals surface area contributed by atoms with Gasteiger partial charge in [0.15, 0.2) is 0 Å². The Labute approximate surface area is 101 Å². The maximum absolute atomic E-state index is 9.56. The zero-order valence-electron chi connectivity index (χ0n) is 9.50. The Morgan fingerprint density at radius 1 is 1.38 bits per heavy atom. The van der Waals surface area contributed by atoms with Gasteiger partial charge >= 0.3 is 0 Å². The zero-order valence-corrected chi connectivity index (χ0v) is 10.3. The van der Waals surface area contributed by atoms with E-state index in [-0.39, 0.29) is 5.75 Å². The van der Waals surface area contributed by atoms with Crippen LogP contribution in [0.5, 0.6) is 5.75 Å². The number of nitrogens with one attached hydrogen (secondary N) is 1. The molecule has 3 nitrogen and oxygen atoms in total. The molecule has 0 amide bonds. The number of hydrogen-bond donors (Lipinski definition) is 2. The van der Waals surface area contributed by atoms with E-state index in [0.717, 1.165) is 31.6 Å². The molecule has 0 aromatic heterocycles. The topological polar surface area (TPSA) is 41.5 Å². The van der Waals surface area contributed by atoms with Crippen LogP contribution in [0, 0.1) is 0 Å². The van der Waals surface area contributed by atoms with Gasteiger partial charge in [0.2, 0.25) is 0 Å². The third kappa shape index (κ3) is 4.84. The van der Waals surface area contributed by atoms with E-state index in [0.29, 0.717) is 11.6 Å². The highest BCUT2D eigenvalue weighted by Gasteiger charge is 2.01. The van der Waals surface area contributed by atoms with Gasteiger partial charge in [0, 0.05) is 30.8 Å². The average Bonchev–Trinajstić information content (AvgIpc) is 2.28. The molecule has 0 fully saturated rings. The summed E-state index contributed by atoms with van der Waals surface area (Å²) in [5.41, 5.74) is 0.833. The Balaban J connectivity index is 2.23. The van der Waals surface area contributed by atoms with E-state index in [1.807, 2.05) is 0 Å². The number of halogens is 1. The fraction of sp³-hybridized carbons (Fsp3) is 0.500. The molecule has 0 bridgehead atoms. The van der Waals surface area contributed by atoms with Crippen LogP contribution in [0.2, 0.25) is 5.02 Å². The fourth-order valence-corrected chi connectivity index (χ4v) is 1.61. The van der Waals surface area contributed by atoms with E-state index in [1.165, 1.54) is 0 Å². The van der Waals surface area contributed by atoms with E-state index in [9.17, 15) is 5.11 Å². The molecule has 1 rings (SSSR count). The first-order chi connectivity index (χ1) is 7.74. The second-order valence-corrected chi connectivity index (χ2v) is 4.09. The number of methoxy groups -OCH3 is 1. The van der Waals surface area contributed by atoms with Crippen molar-refractivity contribution in [3.8, 4) is 5.75 Å². The monoisotopic (exact) mass is 243 g/mol. The summed E-state index contributed by atoms with van der Waals surface area (Å²) in [6.07, 6.45) is 2.11. The van der Waals surface area contributed by atoms with Crippen LogP contribution in [0.25, 0.3) is 0 Å². The SMILES string of the molecule is COCCCCNCc1cc(Cl)ccc1O. The summed E-state index contributed by atoms with van der Waals surface area (Å²) in [7, 11) is 1.71. The molecule has 4 heteroatoms. The minimum Gasteiger partial charge on any atom is -0.508 e. The zero-order chi connectivity index (χ0) is 11.8. The molecule has 0 aliphatic rings. The predicted molar refractivity (Wildman–Crippen MR) is 65.9 cm³/mol. The lowest BCUT2D eigenvalue weighted by Crippen LogP contribution is -2.15. The molecule has 0 heterocycles. The maximum Gasteiger partial charge on any atom is 0.120 e. The van der Waals surface area contributed by atoms with Crippen molar-refractivity contribution in [2.24, 2.45) is 0 Å². The van der Waals surface area contributed by atoms with Crippen LogP contribution in [0.3, 0.4) is 0 Å². The smallest absolute Gasteiger partial charge is 0.120 e. The van der Waals surface area contributed by atoms with Crippen molar-refractivity contribution in [1.82, 2.24) is 5.32 Å². The van der Waals surface area contributed by atoms with Gasteiger partial charge in [-0.3, -0.25) is 0 Å². The van der Waals surface area contributed by atoms with E-state index < -0.39 is 0 Å². The van der Waals surface area contributed by atoms with E-state index >= 15 is 0 Å². The lowest BCUT2D eigenvalue weighted by atomic mass is 10.2. The number of benzene rings is 1. The quantitative estimate of drug-likeness (QED) is 0.724. The molecule has 0 atom stereocenters. The number of phenols is 1. The average molecular weight is 244 g/mol. The van der Waals surface area contributed by atoms with Crippen molar-refractivity contribution in [2.75, 3.05) is 20.3 Å². The van der Waals surface area contributed by atoms with Gasteiger partial charge in [-0.1, -0.05) is 11.6 Å². The number of hydrogen-bond acceptors (Lipinski definition) is 3. The van der Waals surface area contributed by atoms with Gasteiger partial charge in [-0.2, -0.15) is 0 Å². The van der Waals surface area contributed by atoms with Gasteiger partial charge in [-0.05, 0) is 37.6 Å². The molecule has 0 aliphatic heterocycles. The van der Waals surface area contributed by atoms with Crippen LogP contribution in [0.15, 0.2) is 18.2 Å². The molecular formula is C12H18ClNO2. The Hall–Kier alpha value is -0.770. The number of ether oxygens (including phenoxy) is 1. The Kier molecular flexibility index (Phi) is 6.23. The summed E-state index contributed by atoms with van der Waals surface area (Å²) in [4.78, 5) is 0. The fourth-order valence-electron chi connectivity index (χ4n) is 1.42. The van der Waals surface area contributed by atoms with Crippen molar-refractivity contribution in [3.63, 3.8) is 0 Å². The van der Waals surface area contributed by atoms with Crippen LogP contribution in [-0.2, 0) is 11.3 Å². The third-order valence-electron chi connectivity index (χ3n) is 2.31. The summed E-state index contributed by atoms with van der Waals surface area (Å²) in [6.45, 7) is 2.35. The van der Waals surface area contributed by atoms with Crippen molar-refractivity contribution in [2.45, 2.75) is 19.4 Å². The third-order valence-corrected chi connectivity index (χ3v) is 2.54. The highest BCUT2D eigenvalue weighted by molar-refractivity contribution is 6.30. The van der Waals surface area contributed by atoms with Crippen molar-refractivity contribution < 1.29 is 9.84 Å². The molecule has 0 aliphatic carbocycles. The first-order valence-corrected chi connectivity index (χ1v) is 5.79. The molecule has 0 saturated heterocycles. The second-order valence-electron chi connectivity index (χ2n) is 3.65. The van der Waals surface area contributed by atoms with E-state index in [4.69, 9.17) is 16.3 Å². The van der Waals surface area contributed by atoms with Crippen LogP contribution in [0.4, 0.5) is 0 Å². The highest BCUT2D eigenvalue weighted by Crippen LogP contribution is 2.20. The Morgan fingerprint density at radius 2 is 2.19 bits per heavy atom. The molecule has 90 valence electrons. The van der Waals surface area contributed by atoms with Crippen molar-refractivity contribution in [3.05, 3.63) is 28.8 Å². The molecule has 0 radical (unpaired) electrons. The van der Waals surface area contributed by atoms with Gasteiger partial charge in [0.05, 0.1) is 0 Å². The summed E-state index contributed by atoms with van der Waals surface area (Å²) in [5, 5.41) is 13.5. The summed E-state index contributed by atoms with van der Waals surface area (Å²) >= 11 is 5.84. The minimum absolute atomic E-state index is 0.286. The molecule has 1 aromatic carbocycles. The molecule has 0 unspecified atom stereocenters. The van der Waals surface area contributed by atoms with Crippen LogP contribution in [-0.4, -0.2) is 25.4 Å². The standard InChI is InChI=1S/C12H18ClNO2/c1-16-7-3-2-6-14-9-10-8-11(13)4-5-12(10)15/h4-5,8,14-15H,2-3,6-7,9H2,1H3. The van der Waals surface area contributed by atoms with Crippen LogP contribution in [0.1, 0.15) is 18.4 Å². The molecule has 0 spiro atoms. The predicted octanol–water partition coefficient (Wildman–Crippen LogP) is 2.56. The Bertz CT molecular complexity index is 318. The summed E-state index contributed by atoms with van der Waals surface area (Å²) in [6, 6.07) is 5.07. The van der Waals surface area contributed by atoms with E-state index in [1.54, 1.807) is 25.3 Å². The van der Waals surface area contributed by atoms with Gasteiger partial charge in [-0.25, -0.2) is 0 Å². The maximum atomic E-state index is 9.56. The minimum atomic E-state index is 0.286. The number of unbranched alkanes of at least 4 members (excludes halogenated alkanes) is 1. The number of phenolic OH excluding ortho intramolecular Hbond substituents is 1. The first kappa shape index (κ1) is 13.3. The molecule has 1 aromatic rings. The van der Waals surface area contributed by atoms with E-state index in [2.05, 4.69) is 5.32 Å². The second kappa shape index (κ2) is 7.49.